The van der Waals surface area contributed by atoms with Crippen molar-refractivity contribution in [1.82, 2.24) is 24.4 Å². The lowest BCUT2D eigenvalue weighted by atomic mass is 9.75. The van der Waals surface area contributed by atoms with Gasteiger partial charge in [0.1, 0.15) is 5.75 Å². The quantitative estimate of drug-likeness (QED) is 0.0876. The van der Waals surface area contributed by atoms with Crippen LogP contribution in [0.1, 0.15) is 51.7 Å². The second-order valence-electron chi connectivity index (χ2n) is 15.7. The molecular formula is C48H49ClN5O7P. The molecule has 0 radical (unpaired) electrons. The van der Waals surface area contributed by atoms with Gasteiger partial charge in [0.2, 0.25) is 0 Å². The highest BCUT2D eigenvalue weighted by Crippen LogP contribution is 2.57. The number of aryl methyl sites for hydroxylation is 1. The van der Waals surface area contributed by atoms with Crippen LogP contribution < -0.4 is 21.3 Å². The highest BCUT2D eigenvalue weighted by atomic mass is 35.7. The Morgan fingerprint density at radius 3 is 2.00 bits per heavy atom. The fraction of sp³-hybridized carbons (Fsp3) is 0.271. The van der Waals surface area contributed by atoms with Crippen molar-refractivity contribution in [2.45, 2.75) is 43.7 Å². The molecule has 0 saturated carbocycles. The fourth-order valence-corrected chi connectivity index (χ4v) is 10.5. The van der Waals surface area contributed by atoms with Crippen molar-refractivity contribution in [3.63, 3.8) is 0 Å². The average Bonchev–Trinajstić information content (AvgIpc) is 3.31. The summed E-state index contributed by atoms with van der Waals surface area (Å²) in [4.78, 5) is 44.0. The SMILES string of the molecule is COc1ccc(-c2cccc(C(=O)NC3CCN(P(=O)(Cl)OCC4CN(C(c5ccccc5)(c5ccccc5)c5ccccc5)CC(n5cc(C)c(=O)[nH]c5=O)O4)CC3)c2)cc1. The molecule has 14 heteroatoms. The molecule has 3 atom stereocenters. The van der Waals surface area contributed by atoms with Gasteiger partial charge in [-0.05, 0) is 83.1 Å². The van der Waals surface area contributed by atoms with Crippen LogP contribution in [0.4, 0.5) is 0 Å². The second-order valence-corrected chi connectivity index (χ2v) is 18.7. The molecule has 0 spiro atoms. The molecule has 2 fully saturated rings. The zero-order valence-corrected chi connectivity index (χ0v) is 36.2. The summed E-state index contributed by atoms with van der Waals surface area (Å²) in [5.74, 6) is 0.568. The molecule has 62 heavy (non-hydrogen) atoms. The Kier molecular flexibility index (Phi) is 13.1. The minimum atomic E-state index is -3.88. The largest absolute Gasteiger partial charge is 0.497 e. The van der Waals surface area contributed by atoms with Crippen LogP contribution in [-0.2, 0) is 19.4 Å². The van der Waals surface area contributed by atoms with Crippen molar-refractivity contribution in [1.29, 1.82) is 0 Å². The van der Waals surface area contributed by atoms with E-state index in [9.17, 15) is 18.9 Å². The molecule has 0 aliphatic carbocycles. The minimum Gasteiger partial charge on any atom is -0.497 e. The van der Waals surface area contributed by atoms with E-state index in [1.165, 1.54) is 10.8 Å². The van der Waals surface area contributed by atoms with Gasteiger partial charge in [-0.2, -0.15) is 0 Å². The van der Waals surface area contributed by atoms with E-state index in [1.807, 2.05) is 97.1 Å². The van der Waals surface area contributed by atoms with E-state index in [0.29, 0.717) is 43.6 Å². The first kappa shape index (κ1) is 43.1. The number of benzene rings is 5. The van der Waals surface area contributed by atoms with Gasteiger partial charge in [0.15, 0.2) is 6.23 Å². The van der Waals surface area contributed by atoms with Gasteiger partial charge < -0.3 is 19.3 Å². The molecule has 2 saturated heterocycles. The maximum absolute atomic E-state index is 14.2. The summed E-state index contributed by atoms with van der Waals surface area (Å²) in [6.45, 7) is -1.18. The van der Waals surface area contributed by atoms with Crippen molar-refractivity contribution in [2.75, 3.05) is 39.9 Å². The Morgan fingerprint density at radius 2 is 1.42 bits per heavy atom. The van der Waals surface area contributed by atoms with E-state index in [4.69, 9.17) is 25.2 Å². The number of hydrogen-bond acceptors (Lipinski definition) is 8. The number of nitrogens with one attached hydrogen (secondary N) is 2. The number of hydrogen-bond donors (Lipinski definition) is 2. The molecule has 1 amide bonds. The molecule has 2 N–H and O–H groups in total. The fourth-order valence-electron chi connectivity index (χ4n) is 8.62. The Morgan fingerprint density at radius 1 is 0.823 bits per heavy atom. The van der Waals surface area contributed by atoms with Gasteiger partial charge in [-0.25, -0.2) is 9.46 Å². The normalized spacial score (nSPS) is 18.8. The lowest BCUT2D eigenvalue weighted by molar-refractivity contribution is -0.148. The maximum Gasteiger partial charge on any atom is 0.363 e. The number of nitrogens with zero attached hydrogens (tertiary/aromatic N) is 3. The summed E-state index contributed by atoms with van der Waals surface area (Å²) in [5, 5.41) is 3.14. The number of carbonyl (C=O) groups is 1. The van der Waals surface area contributed by atoms with E-state index in [2.05, 4.69) is 51.6 Å². The standard InChI is InChI=1S/C48H49ClN5O7P/c1-34-30-54(47(57)51-45(34)55)44-32-52(48(38-15-6-3-7-16-38,39-17-8-4-9-18-39)40-19-10-5-11-20-40)31-43(61-44)33-60-62(49,58)53-27-25-41(26-28-53)50-46(56)37-14-12-13-36(29-37)35-21-23-42(59-2)24-22-35/h3-24,29-30,41,43-44H,25-28,31-33H2,1-2H3,(H,50,56)(H,51,55,57). The number of amides is 1. The summed E-state index contributed by atoms with van der Waals surface area (Å²) in [6.07, 6.45) is 0.947. The number of aromatic amines is 1. The Balaban J connectivity index is 1.01. The number of ether oxygens (including phenoxy) is 2. The third-order valence-electron chi connectivity index (χ3n) is 11.8. The first-order valence-electron chi connectivity index (χ1n) is 20.7. The maximum atomic E-state index is 14.2. The average molecular weight is 874 g/mol. The number of aromatic nitrogens is 2. The van der Waals surface area contributed by atoms with E-state index in [-0.39, 0.29) is 25.1 Å². The van der Waals surface area contributed by atoms with Gasteiger partial charge in [-0.1, -0.05) is 115 Å². The van der Waals surface area contributed by atoms with Gasteiger partial charge in [0.25, 0.3) is 11.5 Å². The smallest absolute Gasteiger partial charge is 0.363 e. The van der Waals surface area contributed by atoms with Gasteiger partial charge in [-0.3, -0.25) is 28.6 Å². The van der Waals surface area contributed by atoms with Crippen LogP contribution in [0.2, 0.25) is 0 Å². The van der Waals surface area contributed by atoms with Crippen LogP contribution in [0.25, 0.3) is 11.1 Å². The Hall–Kier alpha value is -5.59. The number of halogens is 1. The van der Waals surface area contributed by atoms with Crippen LogP contribution in [0, 0.1) is 6.92 Å². The monoisotopic (exact) mass is 873 g/mol. The number of piperidine rings is 1. The van der Waals surface area contributed by atoms with Crippen molar-refractivity contribution in [2.24, 2.45) is 0 Å². The molecule has 0 bridgehead atoms. The summed E-state index contributed by atoms with van der Waals surface area (Å²) < 4.78 is 35.3. The molecule has 6 aromatic rings. The first-order valence-corrected chi connectivity index (χ1v) is 23.2. The molecule has 3 heterocycles. The molecule has 5 aromatic carbocycles. The predicted octanol–water partition coefficient (Wildman–Crippen LogP) is 7.97. The summed E-state index contributed by atoms with van der Waals surface area (Å²) in [6, 6.07) is 45.5. The molecule has 2 aliphatic rings. The van der Waals surface area contributed by atoms with Crippen LogP contribution >= 0.6 is 18.1 Å². The number of morpholine rings is 1. The zero-order chi connectivity index (χ0) is 43.3. The molecule has 320 valence electrons. The third kappa shape index (κ3) is 9.13. The van der Waals surface area contributed by atoms with Gasteiger partial charge in [0.05, 0.1) is 25.4 Å². The van der Waals surface area contributed by atoms with E-state index in [1.54, 1.807) is 24.8 Å². The minimum absolute atomic E-state index is 0.152. The highest BCUT2D eigenvalue weighted by Gasteiger charge is 2.47. The van der Waals surface area contributed by atoms with Crippen molar-refractivity contribution in [3.05, 3.63) is 194 Å². The Labute approximate surface area is 365 Å². The van der Waals surface area contributed by atoms with E-state index >= 15 is 0 Å². The van der Waals surface area contributed by atoms with Gasteiger partial charge in [-0.15, -0.1) is 0 Å². The van der Waals surface area contributed by atoms with E-state index in [0.717, 1.165) is 33.6 Å². The summed E-state index contributed by atoms with van der Waals surface area (Å²) in [5.41, 5.74) is 3.79. The highest BCUT2D eigenvalue weighted by molar-refractivity contribution is 7.83. The topological polar surface area (TPSA) is 135 Å². The summed E-state index contributed by atoms with van der Waals surface area (Å²) >= 11 is 6.81. The first-order chi connectivity index (χ1) is 30.0. The van der Waals surface area contributed by atoms with Crippen LogP contribution in [-0.4, -0.2) is 77.1 Å². The molecule has 8 rings (SSSR count). The van der Waals surface area contributed by atoms with Crippen molar-refractivity contribution < 1.29 is 23.4 Å². The van der Waals surface area contributed by atoms with Crippen LogP contribution in [0.5, 0.6) is 5.75 Å². The Bertz CT molecular complexity index is 2540. The molecule has 12 nitrogen and oxygen atoms in total. The molecular weight excluding hydrogens is 825 g/mol. The van der Waals surface area contributed by atoms with Gasteiger partial charge in [0, 0.05) is 49.5 Å². The molecule has 1 aromatic heterocycles. The number of methoxy groups -OCH3 is 1. The second kappa shape index (κ2) is 18.8. The van der Waals surface area contributed by atoms with Crippen molar-refractivity contribution in [3.8, 4) is 16.9 Å². The zero-order valence-electron chi connectivity index (χ0n) is 34.6. The number of rotatable bonds is 13. The van der Waals surface area contributed by atoms with Crippen LogP contribution in [0.3, 0.4) is 0 Å². The predicted molar refractivity (Wildman–Crippen MR) is 241 cm³/mol. The summed E-state index contributed by atoms with van der Waals surface area (Å²) in [7, 11) is 1.62. The van der Waals surface area contributed by atoms with Gasteiger partial charge >= 0.3 is 12.6 Å². The van der Waals surface area contributed by atoms with E-state index < -0.39 is 36.0 Å². The van der Waals surface area contributed by atoms with Crippen molar-refractivity contribution >= 4 is 24.0 Å². The third-order valence-corrected chi connectivity index (χ3v) is 14.2. The molecule has 3 unspecified atom stereocenters. The number of carbonyl (C=O) groups excluding carboxylic acids is 1. The van der Waals surface area contributed by atoms with Crippen LogP contribution in [0.15, 0.2) is 155 Å². The number of H-pyrrole nitrogens is 1. The lowest BCUT2D eigenvalue weighted by Crippen LogP contribution is -2.58. The molecule has 2 aliphatic heterocycles. The lowest BCUT2D eigenvalue weighted by Gasteiger charge is -2.50.